The molecule has 0 bridgehead atoms. The van der Waals surface area contributed by atoms with Crippen molar-refractivity contribution in [3.8, 4) is 6.07 Å². The van der Waals surface area contributed by atoms with Gasteiger partial charge in [0, 0.05) is 31.5 Å². The van der Waals surface area contributed by atoms with Crippen LogP contribution in [0.15, 0.2) is 6.20 Å². The number of nitrogens with two attached hydrogens (primary N) is 1. The van der Waals surface area contributed by atoms with Gasteiger partial charge in [-0.3, -0.25) is 19.6 Å². The van der Waals surface area contributed by atoms with Crippen molar-refractivity contribution in [2.24, 2.45) is 17.6 Å². The quantitative estimate of drug-likeness (QED) is 0.532. The number of nitriles is 1. The molecule has 2 heterocycles. The van der Waals surface area contributed by atoms with Crippen LogP contribution in [-0.2, 0) is 4.79 Å². The number of hydrogen-bond acceptors (Lipinski definition) is 6. The van der Waals surface area contributed by atoms with E-state index in [9.17, 15) is 27.9 Å². The van der Waals surface area contributed by atoms with E-state index in [1.54, 1.807) is 4.90 Å². The third kappa shape index (κ3) is 5.58. The summed E-state index contributed by atoms with van der Waals surface area (Å²) in [5.41, 5.74) is 2.78. The standard InChI is InChI=1S/C12H17F3N2O.C8H10N4O2/c13-12(14,15)11(18)7-17(8-11)10-3-1-9(2-4-10)5-6-16;9-6(13)5-3-10-12-7(5)11-8(14)4-1-2-4/h9-10,18H,1-5,7-8H2;3-4H,1-2H2,(H2,9,13)(H2,10,11,12,14). The molecule has 0 spiro atoms. The molecule has 0 atom stereocenters. The van der Waals surface area contributed by atoms with E-state index < -0.39 is 17.7 Å². The van der Waals surface area contributed by atoms with Crippen LogP contribution in [0.1, 0.15) is 55.3 Å². The van der Waals surface area contributed by atoms with Gasteiger partial charge in [-0.05, 0) is 44.4 Å². The number of hydrogen-bond donors (Lipinski definition) is 4. The lowest BCUT2D eigenvalue weighted by atomic mass is 9.81. The number of aliphatic hydroxyl groups is 1. The van der Waals surface area contributed by atoms with E-state index in [1.807, 2.05) is 0 Å². The summed E-state index contributed by atoms with van der Waals surface area (Å²) in [4.78, 5) is 23.9. The molecule has 2 saturated carbocycles. The molecule has 1 aromatic heterocycles. The summed E-state index contributed by atoms with van der Waals surface area (Å²) < 4.78 is 37.4. The van der Waals surface area contributed by atoms with Crippen LogP contribution < -0.4 is 11.1 Å². The number of aromatic amines is 1. The number of carbonyl (C=O) groups is 2. The largest absolute Gasteiger partial charge is 0.419 e. The van der Waals surface area contributed by atoms with Crippen LogP contribution in [0.3, 0.4) is 0 Å². The van der Waals surface area contributed by atoms with Gasteiger partial charge in [-0.25, -0.2) is 0 Å². The summed E-state index contributed by atoms with van der Waals surface area (Å²) in [6, 6.07) is 2.28. The summed E-state index contributed by atoms with van der Waals surface area (Å²) in [6.07, 6.45) is 2.60. The molecule has 32 heavy (non-hydrogen) atoms. The number of rotatable bonds is 5. The number of nitrogens with zero attached hydrogens (tertiary/aromatic N) is 3. The molecule has 0 radical (unpaired) electrons. The zero-order valence-electron chi connectivity index (χ0n) is 17.5. The Balaban J connectivity index is 0.000000186. The minimum atomic E-state index is -4.53. The van der Waals surface area contributed by atoms with Gasteiger partial charge in [-0.1, -0.05) is 0 Å². The molecule has 3 fully saturated rings. The Morgan fingerprint density at radius 3 is 2.41 bits per heavy atom. The van der Waals surface area contributed by atoms with Crippen LogP contribution in [0.2, 0.25) is 0 Å². The van der Waals surface area contributed by atoms with Crippen molar-refractivity contribution < 1.29 is 27.9 Å². The first-order valence-electron chi connectivity index (χ1n) is 10.6. The molecule has 1 saturated heterocycles. The van der Waals surface area contributed by atoms with Gasteiger partial charge in [-0.15, -0.1) is 0 Å². The summed E-state index contributed by atoms with van der Waals surface area (Å²) in [5.74, 6) is 0.0732. The first-order valence-corrected chi connectivity index (χ1v) is 10.6. The summed E-state index contributed by atoms with van der Waals surface area (Å²) in [7, 11) is 0. The smallest absolute Gasteiger partial charge is 0.378 e. The molecule has 4 rings (SSSR count). The predicted octanol–water partition coefficient (Wildman–Crippen LogP) is 1.92. The third-order valence-electron chi connectivity index (χ3n) is 6.27. The van der Waals surface area contributed by atoms with E-state index in [4.69, 9.17) is 11.0 Å². The van der Waals surface area contributed by atoms with E-state index in [1.165, 1.54) is 6.20 Å². The number of anilines is 1. The number of alkyl halides is 3. The maximum absolute atomic E-state index is 12.5. The fourth-order valence-corrected chi connectivity index (χ4v) is 4.05. The summed E-state index contributed by atoms with van der Waals surface area (Å²) in [5, 5.41) is 26.7. The van der Waals surface area contributed by atoms with Crippen molar-refractivity contribution in [1.82, 2.24) is 15.1 Å². The molecule has 12 heteroatoms. The fourth-order valence-electron chi connectivity index (χ4n) is 4.05. The van der Waals surface area contributed by atoms with E-state index in [-0.39, 0.29) is 42.3 Å². The summed E-state index contributed by atoms with van der Waals surface area (Å²) >= 11 is 0. The van der Waals surface area contributed by atoms with Gasteiger partial charge in [-0.2, -0.15) is 23.5 Å². The first kappa shape index (κ1) is 24.0. The lowest BCUT2D eigenvalue weighted by Crippen LogP contribution is -2.71. The minimum Gasteiger partial charge on any atom is -0.378 e. The zero-order chi connectivity index (χ0) is 23.5. The molecule has 1 aliphatic heterocycles. The predicted molar refractivity (Wildman–Crippen MR) is 107 cm³/mol. The molecular formula is C20H27F3N6O3. The van der Waals surface area contributed by atoms with Gasteiger partial charge < -0.3 is 16.2 Å². The fraction of sp³-hybridized carbons (Fsp3) is 0.700. The van der Waals surface area contributed by atoms with Crippen molar-refractivity contribution >= 4 is 17.6 Å². The van der Waals surface area contributed by atoms with Crippen molar-refractivity contribution in [3.63, 3.8) is 0 Å². The van der Waals surface area contributed by atoms with Gasteiger partial charge in [0.05, 0.1) is 12.3 Å². The lowest BCUT2D eigenvalue weighted by molar-refractivity contribution is -0.306. The van der Waals surface area contributed by atoms with Crippen LogP contribution in [0.5, 0.6) is 0 Å². The van der Waals surface area contributed by atoms with Crippen LogP contribution >= 0.6 is 0 Å². The topological polar surface area (TPSA) is 148 Å². The second kappa shape index (κ2) is 9.46. The number of β-amino-alcohol motifs (C(OH)–C–C–N with tert-alkyl or cyclic N) is 1. The van der Waals surface area contributed by atoms with Gasteiger partial charge in [0.25, 0.3) is 5.91 Å². The van der Waals surface area contributed by atoms with Crippen molar-refractivity contribution in [2.75, 3.05) is 18.4 Å². The lowest BCUT2D eigenvalue weighted by Gasteiger charge is -2.51. The first-order chi connectivity index (χ1) is 15.0. The molecule has 9 nitrogen and oxygen atoms in total. The van der Waals surface area contributed by atoms with E-state index in [0.29, 0.717) is 12.3 Å². The van der Waals surface area contributed by atoms with Crippen molar-refractivity contribution in [2.45, 2.75) is 62.8 Å². The number of aromatic nitrogens is 2. The Hall–Kier alpha value is -2.65. The molecule has 0 unspecified atom stereocenters. The van der Waals surface area contributed by atoms with Gasteiger partial charge >= 0.3 is 6.18 Å². The van der Waals surface area contributed by atoms with Gasteiger partial charge in [0.15, 0.2) is 5.60 Å². The van der Waals surface area contributed by atoms with Gasteiger partial charge in [0.1, 0.15) is 11.4 Å². The third-order valence-corrected chi connectivity index (χ3v) is 6.27. The number of primary amides is 1. The molecule has 176 valence electrons. The van der Waals surface area contributed by atoms with E-state index >= 15 is 0 Å². The SMILES string of the molecule is N#CCC1CCC(N2CC(O)(C(F)(F)F)C2)CC1.NC(=O)c1cn[nH]c1NC(=O)C1CC1. The molecule has 2 amide bonds. The van der Waals surface area contributed by atoms with E-state index in [2.05, 4.69) is 21.6 Å². The molecule has 3 aliphatic rings. The highest BCUT2D eigenvalue weighted by atomic mass is 19.4. The van der Waals surface area contributed by atoms with E-state index in [0.717, 1.165) is 38.5 Å². The van der Waals surface area contributed by atoms with Crippen LogP contribution in [0.25, 0.3) is 0 Å². The van der Waals surface area contributed by atoms with Crippen LogP contribution in [0.4, 0.5) is 19.0 Å². The average molecular weight is 456 g/mol. The maximum Gasteiger partial charge on any atom is 0.419 e. The second-order valence-corrected chi connectivity index (χ2v) is 8.76. The second-order valence-electron chi connectivity index (χ2n) is 8.76. The molecule has 5 N–H and O–H groups in total. The Kier molecular flexibility index (Phi) is 7.09. The van der Waals surface area contributed by atoms with Crippen LogP contribution in [0, 0.1) is 23.2 Å². The maximum atomic E-state index is 12.5. The highest BCUT2D eigenvalue weighted by Crippen LogP contribution is 2.41. The number of likely N-dealkylation sites (tertiary alicyclic amines) is 1. The Morgan fingerprint density at radius 1 is 1.28 bits per heavy atom. The normalized spacial score (nSPS) is 25.0. The molecule has 0 aromatic carbocycles. The monoisotopic (exact) mass is 456 g/mol. The average Bonchev–Trinajstić information content (AvgIpc) is 3.45. The number of amides is 2. The number of carbonyl (C=O) groups excluding carboxylic acids is 2. The van der Waals surface area contributed by atoms with Gasteiger partial charge in [0.2, 0.25) is 5.91 Å². The Labute approximate surface area is 183 Å². The number of halogens is 3. The molecule has 1 aromatic rings. The molecule has 2 aliphatic carbocycles. The molecular weight excluding hydrogens is 429 g/mol. The Bertz CT molecular complexity index is 863. The highest BCUT2D eigenvalue weighted by Gasteiger charge is 2.61. The zero-order valence-corrected chi connectivity index (χ0v) is 17.5. The Morgan fingerprint density at radius 2 is 1.91 bits per heavy atom. The number of nitrogens with one attached hydrogen (secondary N) is 2. The highest BCUT2D eigenvalue weighted by molar-refractivity contribution is 6.02. The van der Waals surface area contributed by atoms with Crippen molar-refractivity contribution in [3.05, 3.63) is 11.8 Å². The summed E-state index contributed by atoms with van der Waals surface area (Å²) in [6.45, 7) is -0.603. The number of H-pyrrole nitrogens is 1. The van der Waals surface area contributed by atoms with Crippen molar-refractivity contribution in [1.29, 1.82) is 5.26 Å². The minimum absolute atomic E-state index is 0.0824. The van der Waals surface area contributed by atoms with Crippen LogP contribution in [-0.4, -0.2) is 62.9 Å².